The number of nitriles is 1. The van der Waals surface area contributed by atoms with Crippen molar-refractivity contribution in [1.29, 1.82) is 5.26 Å². The van der Waals surface area contributed by atoms with E-state index >= 15 is 0 Å². The highest BCUT2D eigenvalue weighted by Crippen LogP contribution is 2.05. The van der Waals surface area contributed by atoms with Gasteiger partial charge in [-0.3, -0.25) is 0 Å². The maximum Gasteiger partial charge on any atom is 0.330 e. The molecule has 0 aromatic carbocycles. The average molecular weight is 185 g/mol. The zero-order chi connectivity index (χ0) is 9.40. The Labute approximate surface area is 77.4 Å². The van der Waals surface area contributed by atoms with Crippen molar-refractivity contribution in [2.24, 2.45) is 0 Å². The van der Waals surface area contributed by atoms with Gasteiger partial charge in [0.2, 0.25) is 0 Å². The van der Waals surface area contributed by atoms with E-state index in [9.17, 15) is 4.79 Å². The molecule has 0 radical (unpaired) electrons. The first kappa shape index (κ1) is 11.1. The third-order valence-electron chi connectivity index (χ3n) is 1.19. The van der Waals surface area contributed by atoms with Gasteiger partial charge in [0, 0.05) is 17.7 Å². The molecule has 0 aromatic heterocycles. The molecule has 12 heavy (non-hydrogen) atoms. The summed E-state index contributed by atoms with van der Waals surface area (Å²) in [5.74, 6) is -0.438. The number of carbonyl (C=O) groups excluding carboxylic acids is 1. The second-order valence-corrected chi connectivity index (χ2v) is 2.91. The Morgan fingerprint density at radius 2 is 2.50 bits per heavy atom. The van der Waals surface area contributed by atoms with Crippen LogP contribution in [-0.4, -0.2) is 17.8 Å². The Morgan fingerprint density at radius 3 is 3.00 bits per heavy atom. The van der Waals surface area contributed by atoms with Gasteiger partial charge in [0.15, 0.2) is 0 Å². The highest BCUT2D eigenvalue weighted by atomic mass is 32.1. The van der Waals surface area contributed by atoms with Crippen molar-refractivity contribution < 1.29 is 9.53 Å². The number of hydrogen-bond donors (Lipinski definition) is 1. The van der Waals surface area contributed by atoms with Crippen molar-refractivity contribution in [2.45, 2.75) is 18.1 Å². The predicted octanol–water partition coefficient (Wildman–Crippen LogP) is 1.32. The van der Waals surface area contributed by atoms with Crippen LogP contribution >= 0.6 is 12.6 Å². The lowest BCUT2D eigenvalue weighted by molar-refractivity contribution is -0.137. The van der Waals surface area contributed by atoms with E-state index < -0.39 is 5.97 Å². The van der Waals surface area contributed by atoms with E-state index in [1.807, 2.05) is 6.07 Å². The molecule has 0 aliphatic rings. The van der Waals surface area contributed by atoms with Crippen molar-refractivity contribution >= 4 is 18.6 Å². The maximum atomic E-state index is 10.5. The Bertz CT molecular complexity index is 198. The van der Waals surface area contributed by atoms with Crippen LogP contribution in [0, 0.1) is 11.3 Å². The van der Waals surface area contributed by atoms with Gasteiger partial charge in [0.25, 0.3) is 0 Å². The summed E-state index contributed by atoms with van der Waals surface area (Å²) in [7, 11) is 0. The minimum absolute atomic E-state index is 0.0207. The summed E-state index contributed by atoms with van der Waals surface area (Å²) in [5, 5.41) is 8.25. The second-order valence-electron chi connectivity index (χ2n) is 2.18. The van der Waals surface area contributed by atoms with Crippen molar-refractivity contribution in [1.82, 2.24) is 0 Å². The van der Waals surface area contributed by atoms with Crippen LogP contribution < -0.4 is 0 Å². The van der Waals surface area contributed by atoms with E-state index in [0.29, 0.717) is 19.4 Å². The van der Waals surface area contributed by atoms with Crippen molar-refractivity contribution in [3.63, 3.8) is 0 Å². The molecular formula is C8H11NO2S. The Morgan fingerprint density at radius 1 is 1.83 bits per heavy atom. The molecule has 0 saturated heterocycles. The fourth-order valence-electron chi connectivity index (χ4n) is 0.562. The van der Waals surface area contributed by atoms with Gasteiger partial charge in [0.1, 0.15) is 0 Å². The minimum atomic E-state index is -0.438. The van der Waals surface area contributed by atoms with Gasteiger partial charge in [0.05, 0.1) is 12.7 Å². The van der Waals surface area contributed by atoms with E-state index in [0.717, 1.165) is 6.08 Å². The molecule has 0 saturated carbocycles. The fourth-order valence-corrected chi connectivity index (χ4v) is 0.749. The van der Waals surface area contributed by atoms with Gasteiger partial charge >= 0.3 is 5.97 Å². The monoisotopic (exact) mass is 185 g/mol. The summed E-state index contributed by atoms with van der Waals surface area (Å²) < 4.78 is 4.69. The molecule has 0 aliphatic heterocycles. The lowest BCUT2D eigenvalue weighted by Crippen LogP contribution is -2.07. The van der Waals surface area contributed by atoms with E-state index in [4.69, 9.17) is 10.00 Å². The van der Waals surface area contributed by atoms with E-state index in [1.54, 1.807) is 0 Å². The zero-order valence-electron chi connectivity index (χ0n) is 6.69. The Balaban J connectivity index is 3.37. The van der Waals surface area contributed by atoms with Crippen LogP contribution in [0.3, 0.4) is 0 Å². The Hall–Kier alpha value is -0.950. The number of rotatable bonds is 5. The molecule has 0 bridgehead atoms. The van der Waals surface area contributed by atoms with E-state index in [2.05, 4.69) is 19.2 Å². The lowest BCUT2D eigenvalue weighted by Gasteiger charge is -2.05. The second kappa shape index (κ2) is 6.74. The molecule has 0 rings (SSSR count). The first-order valence-electron chi connectivity index (χ1n) is 3.55. The van der Waals surface area contributed by atoms with Gasteiger partial charge in [-0.1, -0.05) is 6.58 Å². The smallest absolute Gasteiger partial charge is 0.330 e. The van der Waals surface area contributed by atoms with E-state index in [-0.39, 0.29) is 5.25 Å². The summed E-state index contributed by atoms with van der Waals surface area (Å²) in [5.41, 5.74) is 0. The molecule has 0 aromatic rings. The zero-order valence-corrected chi connectivity index (χ0v) is 7.59. The maximum absolute atomic E-state index is 10.5. The van der Waals surface area contributed by atoms with Crippen LogP contribution in [-0.2, 0) is 9.53 Å². The highest BCUT2D eigenvalue weighted by Gasteiger charge is 2.03. The molecule has 0 heterocycles. The normalized spacial score (nSPS) is 11.3. The number of esters is 1. The van der Waals surface area contributed by atoms with Crippen molar-refractivity contribution in [2.75, 3.05) is 6.61 Å². The van der Waals surface area contributed by atoms with Gasteiger partial charge in [-0.05, 0) is 6.42 Å². The third kappa shape index (κ3) is 5.81. The molecule has 0 fully saturated rings. The predicted molar refractivity (Wildman–Crippen MR) is 48.8 cm³/mol. The summed E-state index contributed by atoms with van der Waals surface area (Å²) in [4.78, 5) is 10.5. The van der Waals surface area contributed by atoms with Gasteiger partial charge in [-0.2, -0.15) is 17.9 Å². The summed E-state index contributed by atoms with van der Waals surface area (Å²) in [6.45, 7) is 3.54. The number of ether oxygens (including phenoxy) is 1. The summed E-state index contributed by atoms with van der Waals surface area (Å²) in [6.07, 6.45) is 2.07. The number of carbonyl (C=O) groups is 1. The molecule has 0 aliphatic carbocycles. The molecule has 3 nitrogen and oxygen atoms in total. The number of hydrogen-bond acceptors (Lipinski definition) is 4. The van der Waals surface area contributed by atoms with Gasteiger partial charge in [-0.25, -0.2) is 4.79 Å². The minimum Gasteiger partial charge on any atom is -0.463 e. The number of thiol groups is 1. The molecule has 1 unspecified atom stereocenters. The molecule has 0 spiro atoms. The van der Waals surface area contributed by atoms with Crippen LogP contribution in [0.15, 0.2) is 12.7 Å². The molecule has 1 atom stereocenters. The van der Waals surface area contributed by atoms with Crippen molar-refractivity contribution in [3.8, 4) is 6.07 Å². The van der Waals surface area contributed by atoms with E-state index in [1.165, 1.54) is 0 Å². The quantitative estimate of drug-likeness (QED) is 0.399. The topological polar surface area (TPSA) is 50.1 Å². The summed E-state index contributed by atoms with van der Waals surface area (Å²) >= 11 is 4.10. The first-order valence-corrected chi connectivity index (χ1v) is 4.06. The van der Waals surface area contributed by atoms with Crippen LogP contribution in [0.2, 0.25) is 0 Å². The Kier molecular flexibility index (Phi) is 6.21. The fraction of sp³-hybridized carbons (Fsp3) is 0.500. The molecule has 0 N–H and O–H groups in total. The molecule has 4 heteroatoms. The standard InChI is InChI=1S/C8H11NO2S/c1-2-8(10)11-6-4-7(12)3-5-9/h2,7,12H,1,3-4,6H2. The van der Waals surface area contributed by atoms with Crippen LogP contribution in [0.25, 0.3) is 0 Å². The lowest BCUT2D eigenvalue weighted by atomic mass is 10.2. The third-order valence-corrected chi connectivity index (χ3v) is 1.63. The van der Waals surface area contributed by atoms with Crippen LogP contribution in [0.1, 0.15) is 12.8 Å². The summed E-state index contributed by atoms with van der Waals surface area (Å²) in [6, 6.07) is 1.98. The van der Waals surface area contributed by atoms with Gasteiger partial charge < -0.3 is 4.74 Å². The first-order chi connectivity index (χ1) is 5.70. The largest absolute Gasteiger partial charge is 0.463 e. The number of nitrogens with zero attached hydrogens (tertiary/aromatic N) is 1. The SMILES string of the molecule is C=CC(=O)OCCC(S)CC#N. The molecule has 66 valence electrons. The average Bonchev–Trinajstić information content (AvgIpc) is 2.04. The molecular weight excluding hydrogens is 174 g/mol. The highest BCUT2D eigenvalue weighted by molar-refractivity contribution is 7.80. The molecule has 0 amide bonds. The van der Waals surface area contributed by atoms with Crippen LogP contribution in [0.5, 0.6) is 0 Å². The van der Waals surface area contributed by atoms with Crippen molar-refractivity contribution in [3.05, 3.63) is 12.7 Å². The van der Waals surface area contributed by atoms with Crippen LogP contribution in [0.4, 0.5) is 0 Å². The van der Waals surface area contributed by atoms with Gasteiger partial charge in [-0.15, -0.1) is 0 Å².